The maximum absolute atomic E-state index is 11.3. The second-order valence-corrected chi connectivity index (χ2v) is 4.83. The van der Waals surface area contributed by atoms with Crippen LogP contribution in [0.25, 0.3) is 0 Å². The van der Waals surface area contributed by atoms with Gasteiger partial charge in [-0.05, 0) is 24.9 Å². The summed E-state index contributed by atoms with van der Waals surface area (Å²) in [5.74, 6) is 5.62. The topological polar surface area (TPSA) is 80.9 Å². The van der Waals surface area contributed by atoms with Gasteiger partial charge >= 0.3 is 0 Å². The van der Waals surface area contributed by atoms with Gasteiger partial charge in [-0.1, -0.05) is 18.7 Å². The Morgan fingerprint density at radius 3 is 2.93 bits per heavy atom. The van der Waals surface area contributed by atoms with Crippen molar-refractivity contribution in [2.24, 2.45) is 5.84 Å². The molecule has 0 aliphatic carbocycles. The van der Waals surface area contributed by atoms with Gasteiger partial charge in [-0.3, -0.25) is 10.2 Å². The summed E-state index contributed by atoms with van der Waals surface area (Å²) in [5.41, 5.74) is 2.14. The molecule has 0 saturated carbocycles. The maximum atomic E-state index is 11.3. The fourth-order valence-electron chi connectivity index (χ4n) is 0.863. The molecule has 0 aliphatic heterocycles. The van der Waals surface area contributed by atoms with E-state index < -0.39 is 0 Å². The van der Waals surface area contributed by atoms with Crippen LogP contribution < -0.4 is 11.3 Å². The Labute approximate surface area is 90.6 Å². The Kier molecular flexibility index (Phi) is 4.30. The van der Waals surface area contributed by atoms with Crippen molar-refractivity contribution < 1.29 is 4.79 Å². The number of thioether (sulfide) groups is 1. The first-order valence-corrected chi connectivity index (χ1v) is 5.80. The highest BCUT2D eigenvalue weighted by Gasteiger charge is 2.18. The number of hydrogen-bond acceptors (Lipinski definition) is 6. The largest absolute Gasteiger partial charge is 0.293 e. The number of hydrogen-bond donors (Lipinski definition) is 2. The number of carbonyl (C=O) groups excluding carboxylic acids is 1. The van der Waals surface area contributed by atoms with E-state index in [1.807, 2.05) is 13.8 Å². The third kappa shape index (κ3) is 2.93. The number of hydrazine groups is 1. The standard InChI is InChI=1S/C7H12N4OS2/c1-3-5(6(12)10-8)13-7-9-4(2)11-14-7/h5H,3,8H2,1-2H3,(H,10,12). The lowest BCUT2D eigenvalue weighted by Crippen LogP contribution is -2.37. The minimum absolute atomic E-state index is 0.176. The van der Waals surface area contributed by atoms with Crippen LogP contribution >= 0.6 is 23.3 Å². The minimum Gasteiger partial charge on any atom is -0.293 e. The van der Waals surface area contributed by atoms with E-state index in [0.717, 1.165) is 10.2 Å². The van der Waals surface area contributed by atoms with Crippen LogP contribution in [-0.2, 0) is 4.79 Å². The summed E-state index contributed by atoms with van der Waals surface area (Å²) in [7, 11) is 0. The highest BCUT2D eigenvalue weighted by atomic mass is 32.2. The first-order valence-electron chi connectivity index (χ1n) is 4.14. The summed E-state index contributed by atoms with van der Waals surface area (Å²) in [5, 5.41) is -0.188. The van der Waals surface area contributed by atoms with Gasteiger partial charge in [0.1, 0.15) is 5.82 Å². The highest BCUT2D eigenvalue weighted by Crippen LogP contribution is 2.26. The first kappa shape index (κ1) is 11.4. The zero-order chi connectivity index (χ0) is 10.6. The van der Waals surface area contributed by atoms with Crippen molar-refractivity contribution in [3.8, 4) is 0 Å². The van der Waals surface area contributed by atoms with Gasteiger partial charge in [0, 0.05) is 0 Å². The van der Waals surface area contributed by atoms with Crippen molar-refractivity contribution in [2.75, 3.05) is 0 Å². The maximum Gasteiger partial charge on any atom is 0.247 e. The normalized spacial score (nSPS) is 12.5. The Balaban J connectivity index is 2.61. The first-order chi connectivity index (χ1) is 6.67. The molecule has 0 aliphatic rings. The van der Waals surface area contributed by atoms with Crippen molar-refractivity contribution in [1.29, 1.82) is 0 Å². The van der Waals surface area contributed by atoms with E-state index >= 15 is 0 Å². The molecule has 0 bridgehead atoms. The van der Waals surface area contributed by atoms with Crippen LogP contribution in [0, 0.1) is 6.92 Å². The van der Waals surface area contributed by atoms with Crippen LogP contribution in [0.4, 0.5) is 0 Å². The summed E-state index contributed by atoms with van der Waals surface area (Å²) in [6.45, 7) is 3.76. The minimum atomic E-state index is -0.188. The van der Waals surface area contributed by atoms with Crippen LogP contribution in [0.3, 0.4) is 0 Å². The highest BCUT2D eigenvalue weighted by molar-refractivity contribution is 8.02. The Morgan fingerprint density at radius 1 is 1.79 bits per heavy atom. The third-order valence-electron chi connectivity index (χ3n) is 1.56. The summed E-state index contributed by atoms with van der Waals surface area (Å²) in [6, 6.07) is 0. The average molecular weight is 232 g/mol. The van der Waals surface area contributed by atoms with Crippen molar-refractivity contribution in [3.05, 3.63) is 5.82 Å². The Hall–Kier alpha value is -0.660. The Bertz CT molecular complexity index is 314. The number of carbonyl (C=O) groups is 1. The van der Waals surface area contributed by atoms with Crippen LogP contribution in [0.5, 0.6) is 0 Å². The molecule has 0 fully saturated rings. The predicted octanol–water partition coefficient (Wildman–Crippen LogP) is 0.707. The van der Waals surface area contributed by atoms with E-state index in [9.17, 15) is 4.79 Å². The number of nitrogens with two attached hydrogens (primary N) is 1. The zero-order valence-electron chi connectivity index (χ0n) is 7.98. The van der Waals surface area contributed by atoms with E-state index in [-0.39, 0.29) is 11.2 Å². The quantitative estimate of drug-likeness (QED) is 0.346. The molecular weight excluding hydrogens is 220 g/mol. The van der Waals surface area contributed by atoms with Crippen LogP contribution in [0.2, 0.25) is 0 Å². The molecule has 14 heavy (non-hydrogen) atoms. The summed E-state index contributed by atoms with van der Waals surface area (Å²) >= 11 is 2.70. The third-order valence-corrected chi connectivity index (χ3v) is 3.80. The number of rotatable bonds is 4. The van der Waals surface area contributed by atoms with Crippen LogP contribution in [0.15, 0.2) is 4.34 Å². The lowest BCUT2D eigenvalue weighted by Gasteiger charge is -2.09. The van der Waals surface area contributed by atoms with Gasteiger partial charge in [-0.15, -0.1) is 0 Å². The van der Waals surface area contributed by atoms with E-state index in [4.69, 9.17) is 5.84 Å². The number of aryl methyl sites for hydroxylation is 1. The van der Waals surface area contributed by atoms with E-state index in [0.29, 0.717) is 6.42 Å². The van der Waals surface area contributed by atoms with Gasteiger partial charge in [0.05, 0.1) is 5.25 Å². The van der Waals surface area contributed by atoms with Gasteiger partial charge < -0.3 is 0 Å². The zero-order valence-corrected chi connectivity index (χ0v) is 9.61. The molecule has 3 N–H and O–H groups in total. The van der Waals surface area contributed by atoms with Gasteiger partial charge in [-0.2, -0.15) is 4.37 Å². The predicted molar refractivity (Wildman–Crippen MR) is 56.9 cm³/mol. The van der Waals surface area contributed by atoms with E-state index in [2.05, 4.69) is 14.8 Å². The number of nitrogens with zero attached hydrogens (tertiary/aromatic N) is 2. The molecule has 5 nitrogen and oxygen atoms in total. The van der Waals surface area contributed by atoms with E-state index in [1.165, 1.54) is 23.3 Å². The van der Waals surface area contributed by atoms with Crippen LogP contribution in [-0.4, -0.2) is 20.5 Å². The van der Waals surface area contributed by atoms with Crippen LogP contribution in [0.1, 0.15) is 19.2 Å². The number of amides is 1. The molecule has 1 atom stereocenters. The fourth-order valence-corrected chi connectivity index (χ4v) is 2.69. The number of aromatic nitrogens is 2. The summed E-state index contributed by atoms with van der Waals surface area (Å²) in [6.07, 6.45) is 0.715. The monoisotopic (exact) mass is 232 g/mol. The van der Waals surface area contributed by atoms with Crippen molar-refractivity contribution in [3.63, 3.8) is 0 Å². The molecule has 0 saturated heterocycles. The van der Waals surface area contributed by atoms with Gasteiger partial charge in [0.25, 0.3) is 0 Å². The van der Waals surface area contributed by atoms with Gasteiger partial charge in [0.2, 0.25) is 5.91 Å². The lowest BCUT2D eigenvalue weighted by atomic mass is 10.3. The second-order valence-electron chi connectivity index (χ2n) is 2.63. The summed E-state index contributed by atoms with van der Waals surface area (Å²) < 4.78 is 4.84. The molecule has 0 spiro atoms. The molecule has 1 heterocycles. The molecule has 78 valence electrons. The molecule has 1 aromatic rings. The molecular formula is C7H12N4OS2. The molecule has 1 amide bonds. The SMILES string of the molecule is CCC(Sc1nc(C)ns1)C(=O)NN. The second kappa shape index (κ2) is 5.28. The Morgan fingerprint density at radius 2 is 2.50 bits per heavy atom. The molecule has 1 aromatic heterocycles. The van der Waals surface area contributed by atoms with Gasteiger partial charge in [-0.25, -0.2) is 10.8 Å². The van der Waals surface area contributed by atoms with Crippen molar-refractivity contribution in [1.82, 2.24) is 14.8 Å². The summed E-state index contributed by atoms with van der Waals surface area (Å²) in [4.78, 5) is 15.4. The molecule has 0 aromatic carbocycles. The van der Waals surface area contributed by atoms with Gasteiger partial charge in [0.15, 0.2) is 4.34 Å². The molecule has 7 heteroatoms. The molecule has 1 rings (SSSR count). The molecule has 1 unspecified atom stereocenters. The average Bonchev–Trinajstić information content (AvgIpc) is 2.59. The fraction of sp³-hybridized carbons (Fsp3) is 0.571. The van der Waals surface area contributed by atoms with Crippen molar-refractivity contribution in [2.45, 2.75) is 29.9 Å². The van der Waals surface area contributed by atoms with E-state index in [1.54, 1.807) is 0 Å². The smallest absolute Gasteiger partial charge is 0.247 e. The van der Waals surface area contributed by atoms with Crippen molar-refractivity contribution >= 4 is 29.2 Å². The lowest BCUT2D eigenvalue weighted by molar-refractivity contribution is -0.120. The number of nitrogens with one attached hydrogen (secondary N) is 1. The molecule has 0 radical (unpaired) electrons.